The molecule has 0 amide bonds. The molecule has 0 aromatic carbocycles. The Morgan fingerprint density at radius 3 is 2.56 bits per heavy atom. The third-order valence-electron chi connectivity index (χ3n) is 11.8. The van der Waals surface area contributed by atoms with E-state index in [-0.39, 0.29) is 0 Å². The Morgan fingerprint density at radius 2 is 1.75 bits per heavy atom. The average molecular weight is 439 g/mol. The molecule has 1 heterocycles. The Bertz CT molecular complexity index is 814. The van der Waals surface area contributed by atoms with Crippen LogP contribution in [0, 0.1) is 46.3 Å². The minimum Gasteiger partial charge on any atom is -0.339 e. The highest BCUT2D eigenvalue weighted by atomic mass is 16.5. The average Bonchev–Trinajstić information content (AvgIpc) is 3.44. The molecule has 0 aliphatic heterocycles. The van der Waals surface area contributed by atoms with Crippen molar-refractivity contribution in [2.75, 3.05) is 0 Å². The van der Waals surface area contributed by atoms with E-state index in [1.165, 1.54) is 83.5 Å². The van der Waals surface area contributed by atoms with Gasteiger partial charge in [-0.3, -0.25) is 0 Å². The van der Waals surface area contributed by atoms with Gasteiger partial charge in [-0.15, -0.1) is 0 Å². The zero-order valence-corrected chi connectivity index (χ0v) is 21.0. The topological polar surface area (TPSA) is 38.9 Å². The molecule has 178 valence electrons. The summed E-state index contributed by atoms with van der Waals surface area (Å²) in [5, 5.41) is 4.22. The van der Waals surface area contributed by atoms with E-state index in [1.807, 2.05) is 0 Å². The number of rotatable bonds is 6. The van der Waals surface area contributed by atoms with Gasteiger partial charge in [0.2, 0.25) is 5.89 Å². The Hall–Kier alpha value is -0.860. The van der Waals surface area contributed by atoms with Crippen molar-refractivity contribution in [3.63, 3.8) is 0 Å². The minimum absolute atomic E-state index is 0.589. The van der Waals surface area contributed by atoms with Gasteiger partial charge in [-0.1, -0.05) is 45.2 Å². The monoisotopic (exact) mass is 438 g/mol. The summed E-state index contributed by atoms with van der Waals surface area (Å²) in [5.41, 5.74) is 1.24. The quantitative estimate of drug-likeness (QED) is 0.452. The zero-order chi connectivity index (χ0) is 21.9. The van der Waals surface area contributed by atoms with Gasteiger partial charge < -0.3 is 4.52 Å². The van der Waals surface area contributed by atoms with Crippen LogP contribution in [0.1, 0.15) is 128 Å². The molecule has 8 atom stereocenters. The lowest BCUT2D eigenvalue weighted by molar-refractivity contribution is -0.135. The Labute approximate surface area is 195 Å². The summed E-state index contributed by atoms with van der Waals surface area (Å²) >= 11 is 0. The lowest BCUT2D eigenvalue weighted by Crippen LogP contribution is -2.55. The molecule has 1 aromatic rings. The molecule has 32 heavy (non-hydrogen) atoms. The van der Waals surface area contributed by atoms with Crippen molar-refractivity contribution in [1.82, 2.24) is 10.1 Å². The van der Waals surface area contributed by atoms with Crippen LogP contribution >= 0.6 is 0 Å². The van der Waals surface area contributed by atoms with Gasteiger partial charge in [0.05, 0.1) is 0 Å². The molecular weight excluding hydrogens is 392 g/mol. The molecule has 6 unspecified atom stereocenters. The zero-order valence-electron chi connectivity index (χ0n) is 21.0. The number of hydrogen-bond acceptors (Lipinski definition) is 3. The maximum Gasteiger partial charge on any atom is 0.226 e. The fourth-order valence-corrected chi connectivity index (χ4v) is 9.98. The van der Waals surface area contributed by atoms with E-state index < -0.39 is 0 Å². The maximum absolute atomic E-state index is 5.56. The van der Waals surface area contributed by atoms with Crippen LogP contribution in [-0.4, -0.2) is 10.1 Å². The molecule has 0 spiro atoms. The SMILES string of the molecule is CC[C@H]1CC2C3CCC(CCCc4nc(C5CC5)no4)C3(C)CC[C@@H]2C2(C)CCCCC12. The van der Waals surface area contributed by atoms with Crippen LogP contribution in [0.4, 0.5) is 0 Å². The first-order chi connectivity index (χ1) is 15.5. The first kappa shape index (κ1) is 21.7. The lowest BCUT2D eigenvalue weighted by Gasteiger charge is -2.62. The largest absolute Gasteiger partial charge is 0.339 e. The van der Waals surface area contributed by atoms with E-state index in [0.29, 0.717) is 16.7 Å². The van der Waals surface area contributed by atoms with Crippen molar-refractivity contribution in [1.29, 1.82) is 0 Å². The van der Waals surface area contributed by atoms with E-state index in [4.69, 9.17) is 4.52 Å². The molecule has 5 aliphatic rings. The predicted octanol–water partition coefficient (Wildman–Crippen LogP) is 7.95. The molecule has 5 aliphatic carbocycles. The van der Waals surface area contributed by atoms with E-state index in [2.05, 4.69) is 30.9 Å². The van der Waals surface area contributed by atoms with Gasteiger partial charge in [-0.2, -0.15) is 4.98 Å². The van der Waals surface area contributed by atoms with Gasteiger partial charge in [0.25, 0.3) is 0 Å². The van der Waals surface area contributed by atoms with E-state index in [9.17, 15) is 0 Å². The van der Waals surface area contributed by atoms with Gasteiger partial charge in [-0.25, -0.2) is 0 Å². The Morgan fingerprint density at radius 1 is 0.906 bits per heavy atom. The molecule has 0 saturated heterocycles. The number of nitrogens with zero attached hydrogens (tertiary/aromatic N) is 2. The molecule has 0 bridgehead atoms. The van der Waals surface area contributed by atoms with Gasteiger partial charge in [0, 0.05) is 12.3 Å². The molecule has 1 aromatic heterocycles. The van der Waals surface area contributed by atoms with Gasteiger partial charge >= 0.3 is 0 Å². The van der Waals surface area contributed by atoms with E-state index in [0.717, 1.165) is 53.6 Å². The summed E-state index contributed by atoms with van der Waals surface area (Å²) < 4.78 is 5.56. The van der Waals surface area contributed by atoms with Crippen molar-refractivity contribution < 1.29 is 4.52 Å². The number of aromatic nitrogens is 2. The van der Waals surface area contributed by atoms with Crippen molar-refractivity contribution in [2.45, 2.75) is 123 Å². The second kappa shape index (κ2) is 8.12. The van der Waals surface area contributed by atoms with E-state index >= 15 is 0 Å². The highest BCUT2D eigenvalue weighted by molar-refractivity contribution is 5.10. The van der Waals surface area contributed by atoms with E-state index in [1.54, 1.807) is 6.42 Å². The molecule has 0 N–H and O–H groups in total. The maximum atomic E-state index is 5.56. The number of hydrogen-bond donors (Lipinski definition) is 0. The summed E-state index contributed by atoms with van der Waals surface area (Å²) in [4.78, 5) is 4.68. The molecule has 5 saturated carbocycles. The fourth-order valence-electron chi connectivity index (χ4n) is 9.98. The highest BCUT2D eigenvalue weighted by Gasteiger charge is 2.60. The van der Waals surface area contributed by atoms with Crippen molar-refractivity contribution in [3.05, 3.63) is 11.7 Å². The minimum atomic E-state index is 0.589. The predicted molar refractivity (Wildman–Crippen MR) is 128 cm³/mol. The second-order valence-corrected chi connectivity index (χ2v) is 13.2. The van der Waals surface area contributed by atoms with Gasteiger partial charge in [0.15, 0.2) is 5.82 Å². The third kappa shape index (κ3) is 3.42. The van der Waals surface area contributed by atoms with Crippen molar-refractivity contribution >= 4 is 0 Å². The van der Waals surface area contributed by atoms with Gasteiger partial charge in [0.1, 0.15) is 0 Å². The lowest BCUT2D eigenvalue weighted by atomic mass is 9.42. The number of aryl methyl sites for hydroxylation is 1. The van der Waals surface area contributed by atoms with Crippen LogP contribution in [0.2, 0.25) is 0 Å². The van der Waals surface area contributed by atoms with Crippen LogP contribution in [-0.2, 0) is 6.42 Å². The first-order valence-electron chi connectivity index (χ1n) is 14.4. The second-order valence-electron chi connectivity index (χ2n) is 13.2. The summed E-state index contributed by atoms with van der Waals surface area (Å²) in [5.74, 6) is 8.44. The Kier molecular flexibility index (Phi) is 5.50. The standard InChI is InChI=1S/C29H46N2O/c1-4-19-18-22-24-14-13-21(8-7-10-26-30-27(31-32-26)20-11-12-20)28(24,2)17-15-25(22)29(3)16-6-5-9-23(19)29/h19-25H,4-18H2,1-3H3/t19-,21?,22?,23?,24?,25-,28?,29?/m0/s1. The molecule has 3 nitrogen and oxygen atoms in total. The summed E-state index contributed by atoms with van der Waals surface area (Å²) in [7, 11) is 0. The summed E-state index contributed by atoms with van der Waals surface area (Å²) in [6.45, 7) is 7.94. The normalized spacial score (nSPS) is 45.8. The summed E-state index contributed by atoms with van der Waals surface area (Å²) in [6, 6.07) is 0. The van der Waals surface area contributed by atoms with Gasteiger partial charge in [-0.05, 0) is 117 Å². The fraction of sp³-hybridized carbons (Fsp3) is 0.931. The molecule has 3 heteroatoms. The van der Waals surface area contributed by atoms with Crippen molar-refractivity contribution in [3.8, 4) is 0 Å². The first-order valence-corrected chi connectivity index (χ1v) is 14.4. The summed E-state index contributed by atoms with van der Waals surface area (Å²) in [6.07, 6.45) is 21.1. The number of fused-ring (bicyclic) bond motifs is 5. The third-order valence-corrected chi connectivity index (χ3v) is 11.8. The van der Waals surface area contributed by atoms with Crippen LogP contribution in [0.3, 0.4) is 0 Å². The molecular formula is C29H46N2O. The highest BCUT2D eigenvalue weighted by Crippen LogP contribution is 2.69. The molecule has 6 rings (SSSR count). The van der Waals surface area contributed by atoms with Crippen LogP contribution < -0.4 is 0 Å². The van der Waals surface area contributed by atoms with Crippen LogP contribution in [0.25, 0.3) is 0 Å². The molecule has 5 fully saturated rings. The van der Waals surface area contributed by atoms with Crippen LogP contribution in [0.5, 0.6) is 0 Å². The smallest absolute Gasteiger partial charge is 0.226 e. The van der Waals surface area contributed by atoms with Crippen LogP contribution in [0.15, 0.2) is 4.52 Å². The molecule has 0 radical (unpaired) electrons. The Balaban J connectivity index is 1.13. The van der Waals surface area contributed by atoms with Crippen molar-refractivity contribution in [2.24, 2.45) is 46.3 Å².